The highest BCUT2D eigenvalue weighted by atomic mass is 35.5. The molecule has 18 heavy (non-hydrogen) atoms. The maximum Gasteiger partial charge on any atom is 0.254 e. The van der Waals surface area contributed by atoms with Crippen molar-refractivity contribution in [3.63, 3.8) is 0 Å². The summed E-state index contributed by atoms with van der Waals surface area (Å²) in [5, 5.41) is 3.39. The first-order valence-electron chi connectivity index (χ1n) is 6.18. The topological polar surface area (TPSA) is 45.2 Å². The molecule has 100 valence electrons. The molecule has 0 bridgehead atoms. The number of halogens is 1. The Labute approximate surface area is 113 Å². The summed E-state index contributed by atoms with van der Waals surface area (Å²) in [5.41, 5.74) is 0.564. The Morgan fingerprint density at radius 2 is 2.17 bits per heavy atom. The largest absolute Gasteiger partial charge is 0.370 e. The molecule has 1 aromatic heterocycles. The minimum atomic E-state index is -0.0344. The van der Waals surface area contributed by atoms with Gasteiger partial charge in [-0.1, -0.05) is 18.5 Å². The van der Waals surface area contributed by atoms with Crippen LogP contribution >= 0.6 is 11.6 Å². The normalized spacial score (nSPS) is 12.1. The van der Waals surface area contributed by atoms with Gasteiger partial charge in [-0.25, -0.2) is 4.98 Å². The second-order valence-corrected chi connectivity index (χ2v) is 4.65. The fourth-order valence-corrected chi connectivity index (χ4v) is 1.78. The van der Waals surface area contributed by atoms with Crippen LogP contribution in [0.3, 0.4) is 0 Å². The van der Waals surface area contributed by atoms with Crippen molar-refractivity contribution < 1.29 is 4.79 Å². The highest BCUT2D eigenvalue weighted by Gasteiger charge is 2.17. The van der Waals surface area contributed by atoms with Crippen LogP contribution in [0.5, 0.6) is 0 Å². The van der Waals surface area contributed by atoms with E-state index in [9.17, 15) is 4.79 Å². The minimum Gasteiger partial charge on any atom is -0.370 e. The van der Waals surface area contributed by atoms with Crippen molar-refractivity contribution in [1.82, 2.24) is 9.88 Å². The summed E-state index contributed by atoms with van der Waals surface area (Å²) in [6, 6.07) is 3.53. The molecule has 1 rings (SSSR count). The standard InChI is InChI=1S/C13H20ClN3O/c1-5-9(3)17(4)13(18)10-7-11(14)16-12(8-10)15-6-2/h7-9H,5-6H2,1-4H3,(H,15,16). The van der Waals surface area contributed by atoms with E-state index >= 15 is 0 Å². The molecule has 0 aliphatic rings. The molecule has 0 fully saturated rings. The van der Waals surface area contributed by atoms with Crippen molar-refractivity contribution >= 4 is 23.3 Å². The van der Waals surface area contributed by atoms with Gasteiger partial charge in [-0.3, -0.25) is 4.79 Å². The van der Waals surface area contributed by atoms with Gasteiger partial charge in [0.15, 0.2) is 0 Å². The van der Waals surface area contributed by atoms with Crippen molar-refractivity contribution in [2.45, 2.75) is 33.2 Å². The number of carbonyl (C=O) groups is 1. The maximum atomic E-state index is 12.3. The monoisotopic (exact) mass is 269 g/mol. The number of rotatable bonds is 5. The van der Waals surface area contributed by atoms with Crippen molar-refractivity contribution in [1.29, 1.82) is 0 Å². The van der Waals surface area contributed by atoms with Crippen molar-refractivity contribution in [2.75, 3.05) is 18.9 Å². The zero-order valence-electron chi connectivity index (χ0n) is 11.3. The van der Waals surface area contributed by atoms with Gasteiger partial charge in [-0.15, -0.1) is 0 Å². The third kappa shape index (κ3) is 3.60. The lowest BCUT2D eigenvalue weighted by atomic mass is 10.2. The van der Waals surface area contributed by atoms with Crippen LogP contribution in [0, 0.1) is 0 Å². The van der Waals surface area contributed by atoms with Crippen LogP contribution in [0.1, 0.15) is 37.6 Å². The second kappa shape index (κ2) is 6.59. The first kappa shape index (κ1) is 14.8. The number of pyridine rings is 1. The third-order valence-corrected chi connectivity index (χ3v) is 3.16. The number of hydrogen-bond donors (Lipinski definition) is 1. The Morgan fingerprint density at radius 3 is 2.72 bits per heavy atom. The molecule has 4 nitrogen and oxygen atoms in total. The Balaban J connectivity index is 2.98. The lowest BCUT2D eigenvalue weighted by Crippen LogP contribution is -2.34. The first-order valence-corrected chi connectivity index (χ1v) is 6.56. The lowest BCUT2D eigenvalue weighted by Gasteiger charge is -2.24. The number of amides is 1. The number of nitrogens with one attached hydrogen (secondary N) is 1. The molecular weight excluding hydrogens is 250 g/mol. The molecule has 1 N–H and O–H groups in total. The molecule has 0 aliphatic heterocycles. The van der Waals surface area contributed by atoms with Crippen LogP contribution in [-0.4, -0.2) is 35.4 Å². The molecule has 5 heteroatoms. The quantitative estimate of drug-likeness (QED) is 0.836. The van der Waals surface area contributed by atoms with Crippen molar-refractivity contribution in [2.24, 2.45) is 0 Å². The van der Waals surface area contributed by atoms with E-state index in [4.69, 9.17) is 11.6 Å². The average molecular weight is 270 g/mol. The SMILES string of the molecule is CCNc1cc(C(=O)N(C)C(C)CC)cc(Cl)n1. The van der Waals surface area contributed by atoms with E-state index < -0.39 is 0 Å². The number of nitrogens with zero attached hydrogens (tertiary/aromatic N) is 2. The predicted molar refractivity (Wildman–Crippen MR) is 75.3 cm³/mol. The molecule has 1 unspecified atom stereocenters. The molecule has 0 saturated heterocycles. The minimum absolute atomic E-state index is 0.0344. The van der Waals surface area contributed by atoms with E-state index in [1.165, 1.54) is 0 Å². The number of anilines is 1. The molecular formula is C13H20ClN3O. The maximum absolute atomic E-state index is 12.3. The van der Waals surface area contributed by atoms with Crippen LogP contribution < -0.4 is 5.32 Å². The van der Waals surface area contributed by atoms with E-state index in [-0.39, 0.29) is 11.9 Å². The molecule has 0 saturated carbocycles. The van der Waals surface area contributed by atoms with Crippen molar-refractivity contribution in [3.8, 4) is 0 Å². The van der Waals surface area contributed by atoms with Gasteiger partial charge in [-0.05, 0) is 32.4 Å². The molecule has 1 aromatic rings. The highest BCUT2D eigenvalue weighted by Crippen LogP contribution is 2.17. The molecule has 0 aromatic carbocycles. The molecule has 0 radical (unpaired) electrons. The van der Waals surface area contributed by atoms with Gasteiger partial charge in [0, 0.05) is 25.2 Å². The van der Waals surface area contributed by atoms with E-state index in [1.54, 1.807) is 24.1 Å². The zero-order valence-corrected chi connectivity index (χ0v) is 12.1. The molecule has 0 spiro atoms. The molecule has 1 atom stereocenters. The number of hydrogen-bond acceptors (Lipinski definition) is 3. The van der Waals surface area contributed by atoms with Gasteiger partial charge >= 0.3 is 0 Å². The van der Waals surface area contributed by atoms with Crippen molar-refractivity contribution in [3.05, 3.63) is 22.8 Å². The summed E-state index contributed by atoms with van der Waals surface area (Å²) >= 11 is 5.93. The summed E-state index contributed by atoms with van der Waals surface area (Å²) < 4.78 is 0. The summed E-state index contributed by atoms with van der Waals surface area (Å²) in [6.45, 7) is 6.78. The predicted octanol–water partition coefficient (Wildman–Crippen LogP) is 3.04. The van der Waals surface area contributed by atoms with Crippen LogP contribution in [0.15, 0.2) is 12.1 Å². The summed E-state index contributed by atoms with van der Waals surface area (Å²) in [7, 11) is 1.80. The third-order valence-electron chi connectivity index (χ3n) is 2.97. The smallest absolute Gasteiger partial charge is 0.254 e. The van der Waals surface area contributed by atoms with E-state index in [0.29, 0.717) is 16.5 Å². The summed E-state index contributed by atoms with van der Waals surface area (Å²) in [5.74, 6) is 0.596. The van der Waals surface area contributed by atoms with Crippen LogP contribution in [-0.2, 0) is 0 Å². The van der Waals surface area contributed by atoms with Gasteiger partial charge in [0.05, 0.1) is 0 Å². The molecule has 1 amide bonds. The fourth-order valence-electron chi connectivity index (χ4n) is 1.57. The highest BCUT2D eigenvalue weighted by molar-refractivity contribution is 6.29. The van der Waals surface area contributed by atoms with E-state index in [1.807, 2.05) is 13.8 Å². The Hall–Kier alpha value is -1.29. The number of carbonyl (C=O) groups excluding carboxylic acids is 1. The summed E-state index contributed by atoms with van der Waals surface area (Å²) in [4.78, 5) is 18.1. The Kier molecular flexibility index (Phi) is 5.41. The van der Waals surface area contributed by atoms with Gasteiger partial charge in [-0.2, -0.15) is 0 Å². The fraction of sp³-hybridized carbons (Fsp3) is 0.538. The Bertz CT molecular complexity index is 423. The first-order chi connectivity index (χ1) is 8.49. The van der Waals surface area contributed by atoms with Crippen LogP contribution in [0.4, 0.5) is 5.82 Å². The molecule has 0 aliphatic carbocycles. The zero-order chi connectivity index (χ0) is 13.7. The average Bonchev–Trinajstić information content (AvgIpc) is 2.35. The lowest BCUT2D eigenvalue weighted by molar-refractivity contribution is 0.0740. The van der Waals surface area contributed by atoms with Gasteiger partial charge in [0.1, 0.15) is 11.0 Å². The number of aromatic nitrogens is 1. The van der Waals surface area contributed by atoms with E-state index in [0.717, 1.165) is 13.0 Å². The van der Waals surface area contributed by atoms with Gasteiger partial charge in [0.2, 0.25) is 0 Å². The van der Waals surface area contributed by atoms with E-state index in [2.05, 4.69) is 17.2 Å². The van der Waals surface area contributed by atoms with Crippen LogP contribution in [0.25, 0.3) is 0 Å². The molecule has 1 heterocycles. The Morgan fingerprint density at radius 1 is 1.50 bits per heavy atom. The van der Waals surface area contributed by atoms with Gasteiger partial charge in [0.25, 0.3) is 5.91 Å². The van der Waals surface area contributed by atoms with Crippen LogP contribution in [0.2, 0.25) is 5.15 Å². The van der Waals surface area contributed by atoms with Gasteiger partial charge < -0.3 is 10.2 Å². The summed E-state index contributed by atoms with van der Waals surface area (Å²) in [6.07, 6.45) is 0.918. The second-order valence-electron chi connectivity index (χ2n) is 4.27.